The second-order valence-electron chi connectivity index (χ2n) is 9.58. The number of anilines is 1. The molecule has 3 aromatic carbocycles. The van der Waals surface area contributed by atoms with E-state index in [1.807, 2.05) is 30.3 Å². The number of aromatic nitrogens is 1. The molecule has 0 unspecified atom stereocenters. The van der Waals surface area contributed by atoms with Crippen molar-refractivity contribution in [1.82, 2.24) is 20.5 Å². The molecule has 0 atom stereocenters. The Hall–Kier alpha value is -5.10. The molecule has 0 bridgehead atoms. The molecule has 0 saturated carbocycles. The van der Waals surface area contributed by atoms with Gasteiger partial charge in [0, 0.05) is 56.5 Å². The lowest BCUT2D eigenvalue weighted by molar-refractivity contribution is -0.128. The maximum Gasteiger partial charge on any atom is 0.255 e. The van der Waals surface area contributed by atoms with Crippen LogP contribution in [0.1, 0.15) is 22.3 Å². The summed E-state index contributed by atoms with van der Waals surface area (Å²) in [5, 5.41) is 8.56. The highest BCUT2D eigenvalue weighted by Crippen LogP contribution is 2.34. The van der Waals surface area contributed by atoms with Gasteiger partial charge in [-0.1, -0.05) is 30.3 Å². The van der Waals surface area contributed by atoms with Crippen LogP contribution < -0.4 is 25.4 Å². The average molecular weight is 604 g/mol. The fraction of sp³-hybridized carbons (Fsp3) is 0.194. The minimum absolute atomic E-state index is 0.0277. The highest BCUT2D eigenvalue weighted by molar-refractivity contribution is 7.80. The summed E-state index contributed by atoms with van der Waals surface area (Å²) >= 11 is 5.20. The summed E-state index contributed by atoms with van der Waals surface area (Å²) in [6.07, 6.45) is 1.78. The lowest BCUT2D eigenvalue weighted by Crippen LogP contribution is -2.35. The molecule has 0 aliphatic rings. The molecule has 3 amide bonds. The standard InChI is InChI=1S/C31H30FN5O5S/c1-37(2)29(39)12-14-34-30(40)22-17-21-24(18-27(22)41-3)33-13-11-25(21)42-26-10-9-20(16-23(26)32)35-31(43)36-28(38)15-19-7-5-4-6-8-19/h4-11,13,16-18H,12,14-15H2,1-3H3,(H,34,40)(H2,35,36,38,43). The van der Waals surface area contributed by atoms with E-state index >= 15 is 4.39 Å². The molecule has 0 fully saturated rings. The van der Waals surface area contributed by atoms with Crippen LogP contribution in [0.2, 0.25) is 0 Å². The van der Waals surface area contributed by atoms with E-state index in [9.17, 15) is 14.4 Å². The quantitative estimate of drug-likeness (QED) is 0.228. The number of ether oxygens (including phenoxy) is 2. The zero-order valence-electron chi connectivity index (χ0n) is 23.8. The van der Waals surface area contributed by atoms with Gasteiger partial charge in [0.2, 0.25) is 11.8 Å². The van der Waals surface area contributed by atoms with Crippen LogP contribution in [0.15, 0.2) is 72.9 Å². The molecular weight excluding hydrogens is 573 g/mol. The number of pyridine rings is 1. The number of hydrogen-bond donors (Lipinski definition) is 3. The second-order valence-corrected chi connectivity index (χ2v) is 9.99. The molecule has 0 aliphatic carbocycles. The van der Waals surface area contributed by atoms with E-state index in [1.54, 1.807) is 38.4 Å². The van der Waals surface area contributed by atoms with Crippen LogP contribution in [0.3, 0.4) is 0 Å². The van der Waals surface area contributed by atoms with Gasteiger partial charge in [0.15, 0.2) is 16.7 Å². The predicted octanol–water partition coefficient (Wildman–Crippen LogP) is 4.44. The van der Waals surface area contributed by atoms with Gasteiger partial charge in [-0.3, -0.25) is 19.4 Å². The first kappa shape index (κ1) is 30.8. The Morgan fingerprint density at radius 2 is 1.74 bits per heavy atom. The first-order valence-corrected chi connectivity index (χ1v) is 13.6. The molecule has 0 radical (unpaired) electrons. The van der Waals surface area contributed by atoms with Crippen molar-refractivity contribution in [2.75, 3.05) is 33.1 Å². The van der Waals surface area contributed by atoms with Crippen molar-refractivity contribution in [3.05, 3.63) is 89.9 Å². The molecule has 43 heavy (non-hydrogen) atoms. The number of thiocarbonyl (C=S) groups is 1. The highest BCUT2D eigenvalue weighted by Gasteiger charge is 2.18. The van der Waals surface area contributed by atoms with Crippen LogP contribution in [0.4, 0.5) is 10.1 Å². The summed E-state index contributed by atoms with van der Waals surface area (Å²) < 4.78 is 26.4. The summed E-state index contributed by atoms with van der Waals surface area (Å²) in [4.78, 5) is 42.8. The van der Waals surface area contributed by atoms with Crippen LogP contribution in [-0.2, 0) is 16.0 Å². The van der Waals surface area contributed by atoms with E-state index in [-0.39, 0.29) is 59.1 Å². The number of carbonyl (C=O) groups is 3. The fourth-order valence-corrected chi connectivity index (χ4v) is 4.31. The van der Waals surface area contributed by atoms with Gasteiger partial charge in [0.1, 0.15) is 11.5 Å². The minimum atomic E-state index is -0.689. The van der Waals surface area contributed by atoms with Gasteiger partial charge < -0.3 is 30.3 Å². The average Bonchev–Trinajstić information content (AvgIpc) is 2.98. The van der Waals surface area contributed by atoms with Crippen LogP contribution in [-0.4, -0.2) is 60.5 Å². The normalized spacial score (nSPS) is 10.5. The molecule has 1 aromatic heterocycles. The largest absolute Gasteiger partial charge is 0.496 e. The third kappa shape index (κ3) is 8.23. The van der Waals surface area contributed by atoms with E-state index in [1.165, 1.54) is 30.3 Å². The second kappa shape index (κ2) is 14.2. The summed E-state index contributed by atoms with van der Waals surface area (Å²) in [6, 6.07) is 18.0. The van der Waals surface area contributed by atoms with E-state index in [4.69, 9.17) is 21.7 Å². The lowest BCUT2D eigenvalue weighted by Gasteiger charge is -2.15. The number of methoxy groups -OCH3 is 1. The van der Waals surface area contributed by atoms with Crippen molar-refractivity contribution >= 4 is 51.6 Å². The highest BCUT2D eigenvalue weighted by atomic mass is 32.1. The zero-order chi connectivity index (χ0) is 30.9. The van der Waals surface area contributed by atoms with Gasteiger partial charge in [-0.2, -0.15) is 0 Å². The Bertz CT molecular complexity index is 1670. The molecule has 4 rings (SSSR count). The molecule has 0 saturated heterocycles. The molecule has 1 heterocycles. The summed E-state index contributed by atoms with van der Waals surface area (Å²) in [5.41, 5.74) is 1.81. The number of nitrogens with zero attached hydrogens (tertiary/aromatic N) is 2. The van der Waals surface area contributed by atoms with Gasteiger partial charge in [-0.25, -0.2) is 4.39 Å². The Kier molecular flexibility index (Phi) is 10.2. The summed E-state index contributed by atoms with van der Waals surface area (Å²) in [7, 11) is 4.71. The van der Waals surface area contributed by atoms with Gasteiger partial charge in [-0.15, -0.1) is 0 Å². The Labute approximate surface area is 253 Å². The lowest BCUT2D eigenvalue weighted by atomic mass is 10.1. The predicted molar refractivity (Wildman–Crippen MR) is 165 cm³/mol. The summed E-state index contributed by atoms with van der Waals surface area (Å²) in [5.74, 6) is -1.11. The van der Waals surface area contributed by atoms with E-state index in [0.29, 0.717) is 16.6 Å². The molecule has 222 valence electrons. The SMILES string of the molecule is COc1cc2nccc(Oc3ccc(NC(=S)NC(=O)Cc4ccccc4)cc3F)c2cc1C(=O)NCCC(=O)N(C)C. The van der Waals surface area contributed by atoms with Crippen molar-refractivity contribution in [2.45, 2.75) is 12.8 Å². The van der Waals surface area contributed by atoms with Crippen molar-refractivity contribution < 1.29 is 28.2 Å². The molecule has 3 N–H and O–H groups in total. The number of amides is 3. The van der Waals surface area contributed by atoms with Crippen molar-refractivity contribution in [3.63, 3.8) is 0 Å². The smallest absolute Gasteiger partial charge is 0.255 e. The topological polar surface area (TPSA) is 122 Å². The number of hydrogen-bond acceptors (Lipinski definition) is 7. The monoisotopic (exact) mass is 603 g/mol. The van der Waals surface area contributed by atoms with Gasteiger partial charge in [0.25, 0.3) is 5.91 Å². The van der Waals surface area contributed by atoms with Crippen molar-refractivity contribution in [2.24, 2.45) is 0 Å². The Morgan fingerprint density at radius 1 is 0.977 bits per heavy atom. The Morgan fingerprint density at radius 3 is 2.44 bits per heavy atom. The van der Waals surface area contributed by atoms with Crippen LogP contribution in [0.5, 0.6) is 17.2 Å². The number of rotatable bonds is 10. The van der Waals surface area contributed by atoms with Crippen molar-refractivity contribution in [1.29, 1.82) is 0 Å². The van der Waals surface area contributed by atoms with E-state index < -0.39 is 11.7 Å². The van der Waals surface area contributed by atoms with Crippen molar-refractivity contribution in [3.8, 4) is 17.2 Å². The minimum Gasteiger partial charge on any atom is -0.496 e. The summed E-state index contributed by atoms with van der Waals surface area (Å²) in [6.45, 7) is 0.138. The molecular formula is C31H30FN5O5S. The molecule has 0 aliphatic heterocycles. The van der Waals surface area contributed by atoms with Crippen LogP contribution in [0, 0.1) is 5.82 Å². The van der Waals surface area contributed by atoms with Crippen LogP contribution >= 0.6 is 12.2 Å². The molecule has 0 spiro atoms. The van der Waals surface area contributed by atoms with Gasteiger partial charge >= 0.3 is 0 Å². The number of halogens is 1. The first-order valence-electron chi connectivity index (χ1n) is 13.2. The van der Waals surface area contributed by atoms with E-state index in [0.717, 1.165) is 5.56 Å². The number of fused-ring (bicyclic) bond motifs is 1. The fourth-order valence-electron chi connectivity index (χ4n) is 4.08. The van der Waals surface area contributed by atoms with Gasteiger partial charge in [-0.05, 0) is 42.0 Å². The van der Waals surface area contributed by atoms with Crippen LogP contribution in [0.25, 0.3) is 10.9 Å². The zero-order valence-corrected chi connectivity index (χ0v) is 24.6. The maximum atomic E-state index is 15.1. The van der Waals surface area contributed by atoms with E-state index in [2.05, 4.69) is 20.9 Å². The third-order valence-corrected chi connectivity index (χ3v) is 6.46. The third-order valence-electron chi connectivity index (χ3n) is 6.26. The number of benzene rings is 3. The maximum absolute atomic E-state index is 15.1. The molecule has 10 nitrogen and oxygen atoms in total. The first-order chi connectivity index (χ1) is 20.6. The molecule has 4 aromatic rings. The number of carbonyl (C=O) groups excluding carboxylic acids is 3. The van der Waals surface area contributed by atoms with Gasteiger partial charge in [0.05, 0.1) is 24.6 Å². The molecule has 12 heteroatoms. The Balaban J connectivity index is 1.46. The number of nitrogens with one attached hydrogen (secondary N) is 3.